The predicted octanol–water partition coefficient (Wildman–Crippen LogP) is 3.01. The molecule has 1 atom stereocenters. The van der Waals surface area contributed by atoms with Gasteiger partial charge in [-0.2, -0.15) is 0 Å². The Bertz CT molecular complexity index is 554. The molecule has 20 heavy (non-hydrogen) atoms. The zero-order chi connectivity index (χ0) is 13.4. The van der Waals surface area contributed by atoms with Gasteiger partial charge in [0.05, 0.1) is 6.54 Å². The van der Waals surface area contributed by atoms with Crippen LogP contribution < -0.4 is 5.32 Å². The van der Waals surface area contributed by atoms with E-state index >= 15 is 0 Å². The van der Waals surface area contributed by atoms with Crippen LogP contribution in [0.25, 0.3) is 11.0 Å². The summed E-state index contributed by atoms with van der Waals surface area (Å²) in [6.45, 7) is 4.55. The molecule has 1 aromatic heterocycles. The lowest BCUT2D eigenvalue weighted by atomic mass is 10.1. The van der Waals surface area contributed by atoms with Gasteiger partial charge in [0.15, 0.2) is 0 Å². The highest BCUT2D eigenvalue weighted by Gasteiger charge is 2.33. The van der Waals surface area contributed by atoms with Gasteiger partial charge in [-0.15, -0.1) is 0 Å². The number of benzene rings is 1. The Kier molecular flexibility index (Phi) is 3.25. The molecule has 1 N–H and O–H groups in total. The predicted molar refractivity (Wildman–Crippen MR) is 80.6 cm³/mol. The summed E-state index contributed by atoms with van der Waals surface area (Å²) in [7, 11) is 0. The molecule has 2 heterocycles. The Labute approximate surface area is 119 Å². The van der Waals surface area contributed by atoms with E-state index in [9.17, 15) is 0 Å². The summed E-state index contributed by atoms with van der Waals surface area (Å²) < 4.78 is 5.83. The lowest BCUT2D eigenvalue weighted by Crippen LogP contribution is -2.27. The van der Waals surface area contributed by atoms with Gasteiger partial charge in [-0.1, -0.05) is 18.2 Å². The van der Waals surface area contributed by atoms with Gasteiger partial charge in [0, 0.05) is 18.0 Å². The van der Waals surface area contributed by atoms with E-state index in [0.29, 0.717) is 0 Å². The number of hydrogen-bond acceptors (Lipinski definition) is 3. The minimum absolute atomic E-state index is 0.819. The number of likely N-dealkylation sites (tertiary alicyclic amines) is 1. The monoisotopic (exact) mass is 270 g/mol. The second-order valence-electron chi connectivity index (χ2n) is 6.26. The third-order valence-corrected chi connectivity index (χ3v) is 4.59. The molecule has 0 radical (unpaired) electrons. The number of fused-ring (bicyclic) bond motifs is 1. The second kappa shape index (κ2) is 5.23. The summed E-state index contributed by atoms with van der Waals surface area (Å²) in [5, 5.41) is 4.76. The van der Waals surface area contributed by atoms with Gasteiger partial charge in [0.1, 0.15) is 11.3 Å². The Hall–Kier alpha value is -1.32. The molecule has 0 spiro atoms. The molecule has 1 saturated carbocycles. The number of nitrogens with one attached hydrogen (secondary N) is 1. The second-order valence-corrected chi connectivity index (χ2v) is 6.26. The van der Waals surface area contributed by atoms with E-state index in [1.807, 2.05) is 12.1 Å². The van der Waals surface area contributed by atoms with Crippen molar-refractivity contribution in [1.82, 2.24) is 10.2 Å². The normalized spacial score (nSPS) is 23.7. The molecular weight excluding hydrogens is 248 g/mol. The van der Waals surface area contributed by atoms with E-state index < -0.39 is 0 Å². The van der Waals surface area contributed by atoms with Crippen LogP contribution in [-0.4, -0.2) is 30.6 Å². The van der Waals surface area contributed by atoms with Gasteiger partial charge in [-0.25, -0.2) is 0 Å². The molecule has 3 nitrogen and oxygen atoms in total. The first-order valence-corrected chi connectivity index (χ1v) is 7.81. The molecule has 2 aromatic rings. The largest absolute Gasteiger partial charge is 0.460 e. The lowest BCUT2D eigenvalue weighted by Gasteiger charge is -2.14. The van der Waals surface area contributed by atoms with Crippen molar-refractivity contribution in [3.8, 4) is 0 Å². The van der Waals surface area contributed by atoms with Crippen molar-refractivity contribution < 1.29 is 4.42 Å². The number of furan rings is 1. The summed E-state index contributed by atoms with van der Waals surface area (Å²) in [5.74, 6) is 1.86. The first kappa shape index (κ1) is 12.4. The van der Waals surface area contributed by atoms with Gasteiger partial charge in [-0.05, 0) is 50.4 Å². The standard InChI is InChI=1S/C17H22N2O/c1-2-4-17-14(3-1)9-16(20-17)11-18-10-13-7-8-19(12-13)15-5-6-15/h1-4,9,13,15,18H,5-8,10-12H2. The minimum Gasteiger partial charge on any atom is -0.460 e. The molecule has 1 unspecified atom stereocenters. The topological polar surface area (TPSA) is 28.4 Å². The molecule has 0 bridgehead atoms. The van der Waals surface area contributed by atoms with Crippen molar-refractivity contribution in [1.29, 1.82) is 0 Å². The quantitative estimate of drug-likeness (QED) is 0.905. The van der Waals surface area contributed by atoms with Gasteiger partial charge in [0.2, 0.25) is 0 Å². The third-order valence-electron chi connectivity index (χ3n) is 4.59. The Morgan fingerprint density at radius 1 is 1.20 bits per heavy atom. The first-order valence-electron chi connectivity index (χ1n) is 7.81. The van der Waals surface area contributed by atoms with Crippen molar-refractivity contribution in [3.63, 3.8) is 0 Å². The number of hydrogen-bond donors (Lipinski definition) is 1. The van der Waals surface area contributed by atoms with Gasteiger partial charge < -0.3 is 14.6 Å². The van der Waals surface area contributed by atoms with E-state index in [0.717, 1.165) is 36.4 Å². The SMILES string of the molecule is c1ccc2oc(CNCC3CCN(C4CC4)C3)cc2c1. The minimum atomic E-state index is 0.819. The Morgan fingerprint density at radius 2 is 2.10 bits per heavy atom. The maximum atomic E-state index is 5.83. The fourth-order valence-corrected chi connectivity index (χ4v) is 3.32. The van der Waals surface area contributed by atoms with Crippen molar-refractivity contribution in [3.05, 3.63) is 36.1 Å². The molecule has 1 aromatic carbocycles. The lowest BCUT2D eigenvalue weighted by molar-refractivity contribution is 0.311. The van der Waals surface area contributed by atoms with Gasteiger partial charge in [-0.3, -0.25) is 0 Å². The van der Waals surface area contributed by atoms with E-state index in [-0.39, 0.29) is 0 Å². The van der Waals surface area contributed by atoms with E-state index in [1.54, 1.807) is 0 Å². The molecule has 2 fully saturated rings. The van der Waals surface area contributed by atoms with Crippen LogP contribution in [0.5, 0.6) is 0 Å². The van der Waals surface area contributed by atoms with E-state index in [1.165, 1.54) is 37.7 Å². The smallest absolute Gasteiger partial charge is 0.134 e. The summed E-state index contributed by atoms with van der Waals surface area (Å²) in [6, 6.07) is 11.3. The first-order chi connectivity index (χ1) is 9.88. The number of rotatable bonds is 5. The number of para-hydroxylation sites is 1. The van der Waals surface area contributed by atoms with Gasteiger partial charge >= 0.3 is 0 Å². The molecule has 0 amide bonds. The highest BCUT2D eigenvalue weighted by Crippen LogP contribution is 2.31. The van der Waals surface area contributed by atoms with Crippen LogP contribution >= 0.6 is 0 Å². The van der Waals surface area contributed by atoms with Crippen LogP contribution in [0.3, 0.4) is 0 Å². The van der Waals surface area contributed by atoms with Crippen LogP contribution in [0.2, 0.25) is 0 Å². The summed E-state index contributed by atoms with van der Waals surface area (Å²) >= 11 is 0. The fourth-order valence-electron chi connectivity index (χ4n) is 3.32. The highest BCUT2D eigenvalue weighted by molar-refractivity contribution is 5.77. The van der Waals surface area contributed by atoms with E-state index in [4.69, 9.17) is 4.42 Å². The van der Waals surface area contributed by atoms with Crippen LogP contribution in [0.15, 0.2) is 34.7 Å². The molecule has 1 saturated heterocycles. The fraction of sp³-hybridized carbons (Fsp3) is 0.529. The maximum absolute atomic E-state index is 5.83. The zero-order valence-corrected chi connectivity index (χ0v) is 11.8. The van der Waals surface area contributed by atoms with Crippen molar-refractivity contribution in [2.75, 3.05) is 19.6 Å². The van der Waals surface area contributed by atoms with E-state index in [2.05, 4.69) is 28.4 Å². The Balaban J connectivity index is 1.28. The highest BCUT2D eigenvalue weighted by atomic mass is 16.3. The van der Waals surface area contributed by atoms with Crippen molar-refractivity contribution >= 4 is 11.0 Å². The van der Waals surface area contributed by atoms with Gasteiger partial charge in [0.25, 0.3) is 0 Å². The average molecular weight is 270 g/mol. The Morgan fingerprint density at radius 3 is 2.95 bits per heavy atom. The maximum Gasteiger partial charge on any atom is 0.134 e. The molecular formula is C17H22N2O. The summed E-state index contributed by atoms with van der Waals surface area (Å²) in [5.41, 5.74) is 0.991. The van der Waals surface area contributed by atoms with Crippen LogP contribution in [0, 0.1) is 5.92 Å². The molecule has 4 rings (SSSR count). The molecule has 1 aliphatic heterocycles. The average Bonchev–Trinajstić information content (AvgIpc) is 3.06. The molecule has 2 aliphatic rings. The third kappa shape index (κ3) is 2.60. The zero-order valence-electron chi connectivity index (χ0n) is 11.8. The van der Waals surface area contributed by atoms with Crippen LogP contribution in [-0.2, 0) is 6.54 Å². The van der Waals surface area contributed by atoms with Crippen LogP contribution in [0.1, 0.15) is 25.0 Å². The van der Waals surface area contributed by atoms with Crippen molar-refractivity contribution in [2.24, 2.45) is 5.92 Å². The number of nitrogens with zero attached hydrogens (tertiary/aromatic N) is 1. The van der Waals surface area contributed by atoms with Crippen LogP contribution in [0.4, 0.5) is 0 Å². The van der Waals surface area contributed by atoms with Crippen molar-refractivity contribution in [2.45, 2.75) is 31.8 Å². The summed E-state index contributed by atoms with van der Waals surface area (Å²) in [6.07, 6.45) is 4.21. The molecule has 3 heteroatoms. The molecule has 106 valence electrons. The molecule has 1 aliphatic carbocycles. The summed E-state index contributed by atoms with van der Waals surface area (Å²) in [4.78, 5) is 2.67.